The van der Waals surface area contributed by atoms with E-state index in [4.69, 9.17) is 0 Å². The smallest absolute Gasteiger partial charge is 0.175 e. The number of sulfone groups is 2. The van der Waals surface area contributed by atoms with Crippen LogP contribution in [0, 0.1) is 11.3 Å². The molecule has 0 aromatic heterocycles. The molecule has 42 heavy (non-hydrogen) atoms. The van der Waals surface area contributed by atoms with E-state index in [1.165, 1.54) is 0 Å². The predicted octanol–water partition coefficient (Wildman–Crippen LogP) is 5.40. The highest BCUT2D eigenvalue weighted by atomic mass is 32.2. The molecule has 1 saturated carbocycles. The number of carbonyl (C=O) groups excluding carboxylic acids is 2. The van der Waals surface area contributed by atoms with Crippen molar-refractivity contribution in [3.63, 3.8) is 0 Å². The third-order valence-corrected chi connectivity index (χ3v) is 11.9. The summed E-state index contributed by atoms with van der Waals surface area (Å²) >= 11 is 0. The van der Waals surface area contributed by atoms with Crippen molar-refractivity contribution >= 4 is 31.2 Å². The highest BCUT2D eigenvalue weighted by molar-refractivity contribution is 7.91. The van der Waals surface area contributed by atoms with Crippen LogP contribution in [0.1, 0.15) is 60.7 Å². The molecule has 4 aromatic rings. The Balaban J connectivity index is 1.52. The molecule has 3 aliphatic rings. The van der Waals surface area contributed by atoms with E-state index in [9.17, 15) is 26.4 Å². The molecule has 0 bridgehead atoms. The molecule has 5 atom stereocenters. The predicted molar refractivity (Wildman–Crippen MR) is 158 cm³/mol. The number of carbonyl (C=O) groups is 2. The van der Waals surface area contributed by atoms with Gasteiger partial charge in [0, 0.05) is 47.3 Å². The van der Waals surface area contributed by atoms with E-state index < -0.39 is 42.8 Å². The molecule has 0 aliphatic heterocycles. The van der Waals surface area contributed by atoms with Crippen LogP contribution < -0.4 is 0 Å². The van der Waals surface area contributed by atoms with Crippen molar-refractivity contribution in [1.29, 1.82) is 0 Å². The number of hydrogen-bond donors (Lipinski definition) is 0. The summed E-state index contributed by atoms with van der Waals surface area (Å²) < 4.78 is 49.2. The Morgan fingerprint density at radius 3 is 1.60 bits per heavy atom. The number of Topliss-reactive ketones (excluding diaryl/α,β-unsaturated/α-hetero) is 2. The first-order valence-corrected chi connectivity index (χ1v) is 17.6. The maximum absolute atomic E-state index is 14.8. The van der Waals surface area contributed by atoms with Crippen molar-refractivity contribution in [3.05, 3.63) is 130 Å². The van der Waals surface area contributed by atoms with Gasteiger partial charge in [0.2, 0.25) is 0 Å². The standard InChI is InChI=1S/C34H28O6S2/c1-41(37,38)23-15-11-20(12-16-23)30-28-26-9-5-6-10-27(26)32(35)29(28)31(21-13-17-24(18-14-21)42(2,39)40)34(30)19-22-7-3-4-8-25(22)33(34)36/h3-18,28-31H,19H2,1-2H3/t28-,29+,30+,31-,34-/m0/s1. The third-order valence-electron chi connectivity index (χ3n) is 9.61. The van der Waals surface area contributed by atoms with Crippen molar-refractivity contribution in [2.75, 3.05) is 12.5 Å². The van der Waals surface area contributed by atoms with Crippen LogP contribution >= 0.6 is 0 Å². The average Bonchev–Trinajstić information content (AvgIpc) is 3.53. The third kappa shape index (κ3) is 3.74. The summed E-state index contributed by atoms with van der Waals surface area (Å²) in [7, 11) is -6.89. The second-order valence-corrected chi connectivity index (χ2v) is 15.9. The van der Waals surface area contributed by atoms with Gasteiger partial charge >= 0.3 is 0 Å². The fourth-order valence-corrected chi connectivity index (χ4v) is 9.29. The van der Waals surface area contributed by atoms with Crippen LogP contribution in [0.3, 0.4) is 0 Å². The Morgan fingerprint density at radius 1 is 0.595 bits per heavy atom. The molecule has 1 fully saturated rings. The van der Waals surface area contributed by atoms with Gasteiger partial charge in [0.15, 0.2) is 31.2 Å². The zero-order valence-corrected chi connectivity index (χ0v) is 24.7. The van der Waals surface area contributed by atoms with Crippen LogP contribution in [-0.2, 0) is 26.1 Å². The number of rotatable bonds is 4. The molecule has 1 spiro atoms. The van der Waals surface area contributed by atoms with Gasteiger partial charge in [-0.25, -0.2) is 16.8 Å². The molecule has 8 heteroatoms. The number of hydrogen-bond acceptors (Lipinski definition) is 6. The molecule has 7 rings (SSSR count). The average molecular weight is 597 g/mol. The van der Waals surface area contributed by atoms with Gasteiger partial charge in [0.25, 0.3) is 0 Å². The second kappa shape index (κ2) is 9.06. The fourth-order valence-electron chi connectivity index (χ4n) is 8.03. The Kier molecular flexibility index (Phi) is 5.82. The molecule has 6 nitrogen and oxygen atoms in total. The number of benzene rings is 4. The quantitative estimate of drug-likeness (QED) is 0.313. The topological polar surface area (TPSA) is 102 Å². The highest BCUT2D eigenvalue weighted by Crippen LogP contribution is 2.72. The Bertz CT molecular complexity index is 2010. The first-order valence-electron chi connectivity index (χ1n) is 13.8. The van der Waals surface area contributed by atoms with Crippen molar-refractivity contribution < 1.29 is 26.4 Å². The van der Waals surface area contributed by atoms with Gasteiger partial charge in [0.1, 0.15) is 0 Å². The molecule has 0 heterocycles. The normalized spacial score (nSPS) is 26.3. The Morgan fingerprint density at radius 2 is 1.07 bits per heavy atom. The maximum atomic E-state index is 14.8. The minimum atomic E-state index is -3.45. The van der Waals surface area contributed by atoms with Crippen molar-refractivity contribution in [3.8, 4) is 0 Å². The second-order valence-electron chi connectivity index (χ2n) is 11.8. The first kappa shape index (κ1) is 27.0. The summed E-state index contributed by atoms with van der Waals surface area (Å²) in [6.45, 7) is 0. The molecule has 212 valence electrons. The summed E-state index contributed by atoms with van der Waals surface area (Å²) in [6.07, 6.45) is 2.73. The van der Waals surface area contributed by atoms with Crippen molar-refractivity contribution in [1.82, 2.24) is 0 Å². The highest BCUT2D eigenvalue weighted by Gasteiger charge is 2.70. The maximum Gasteiger partial charge on any atom is 0.175 e. The van der Waals surface area contributed by atoms with E-state index in [-0.39, 0.29) is 27.3 Å². The Hall–Kier alpha value is -3.88. The van der Waals surface area contributed by atoms with E-state index in [2.05, 4.69) is 0 Å². The van der Waals surface area contributed by atoms with E-state index in [0.717, 1.165) is 34.8 Å². The van der Waals surface area contributed by atoms with Crippen LogP contribution in [0.5, 0.6) is 0 Å². The van der Waals surface area contributed by atoms with E-state index in [1.54, 1.807) is 48.5 Å². The lowest BCUT2D eigenvalue weighted by Gasteiger charge is -2.38. The van der Waals surface area contributed by atoms with Crippen LogP contribution in [0.2, 0.25) is 0 Å². The molecule has 4 aromatic carbocycles. The van der Waals surface area contributed by atoms with Gasteiger partial charge in [-0.2, -0.15) is 0 Å². The SMILES string of the molecule is CS(=O)(=O)c1ccc([C@@H]2[C@H]3c4ccccc4C(=O)[C@H]3[C@H](c3ccc(S(C)(=O)=O)cc3)[C@]23Cc2ccccc2C3=O)cc1. The minimum Gasteiger partial charge on any atom is -0.294 e. The molecule has 0 saturated heterocycles. The fraction of sp³-hybridized carbons (Fsp3) is 0.235. The van der Waals surface area contributed by atoms with Crippen LogP contribution in [0.25, 0.3) is 0 Å². The summed E-state index contributed by atoms with van der Waals surface area (Å²) in [5.74, 6) is -1.89. The number of ketones is 2. The largest absolute Gasteiger partial charge is 0.294 e. The summed E-state index contributed by atoms with van der Waals surface area (Å²) in [4.78, 5) is 29.4. The lowest BCUT2D eigenvalue weighted by molar-refractivity contribution is 0.0745. The molecule has 0 N–H and O–H groups in total. The van der Waals surface area contributed by atoms with Crippen molar-refractivity contribution in [2.24, 2.45) is 11.3 Å². The van der Waals surface area contributed by atoms with Gasteiger partial charge in [-0.05, 0) is 52.9 Å². The monoisotopic (exact) mass is 596 g/mol. The first-order chi connectivity index (χ1) is 19.9. The van der Waals surface area contributed by atoms with Gasteiger partial charge in [-0.1, -0.05) is 72.8 Å². The van der Waals surface area contributed by atoms with Gasteiger partial charge < -0.3 is 0 Å². The Labute approximate surface area is 245 Å². The molecule has 0 radical (unpaired) electrons. The minimum absolute atomic E-state index is 0.0221. The summed E-state index contributed by atoms with van der Waals surface area (Å²) in [5, 5.41) is 0. The van der Waals surface area contributed by atoms with E-state index in [1.807, 2.05) is 48.5 Å². The zero-order valence-electron chi connectivity index (χ0n) is 23.0. The number of fused-ring (bicyclic) bond motifs is 4. The van der Waals surface area contributed by atoms with E-state index in [0.29, 0.717) is 17.5 Å². The van der Waals surface area contributed by atoms with E-state index >= 15 is 0 Å². The lowest BCUT2D eigenvalue weighted by Crippen LogP contribution is -2.38. The molecule has 3 aliphatic carbocycles. The lowest BCUT2D eigenvalue weighted by atomic mass is 9.62. The molecule has 0 amide bonds. The summed E-state index contributed by atoms with van der Waals surface area (Å²) in [6, 6.07) is 28.5. The summed E-state index contributed by atoms with van der Waals surface area (Å²) in [5.41, 5.74) is 3.59. The molecular formula is C34H28O6S2. The molecule has 0 unspecified atom stereocenters. The van der Waals surface area contributed by atoms with Crippen LogP contribution in [-0.4, -0.2) is 40.9 Å². The van der Waals surface area contributed by atoms with Gasteiger partial charge in [-0.15, -0.1) is 0 Å². The zero-order chi connectivity index (χ0) is 29.6. The van der Waals surface area contributed by atoms with Crippen LogP contribution in [0.15, 0.2) is 107 Å². The molecular weight excluding hydrogens is 569 g/mol. The van der Waals surface area contributed by atoms with Gasteiger partial charge in [0.05, 0.1) is 15.2 Å². The van der Waals surface area contributed by atoms with Crippen molar-refractivity contribution in [2.45, 2.75) is 34.0 Å². The van der Waals surface area contributed by atoms with Crippen LogP contribution in [0.4, 0.5) is 0 Å². The van der Waals surface area contributed by atoms with Gasteiger partial charge in [-0.3, -0.25) is 9.59 Å².